The van der Waals surface area contributed by atoms with E-state index in [1.54, 1.807) is 18.2 Å². The molecule has 2 aromatic heterocycles. The molecule has 0 spiro atoms. The molecule has 0 saturated carbocycles. The Bertz CT molecular complexity index is 854. The van der Waals surface area contributed by atoms with Crippen molar-refractivity contribution >= 4 is 15.6 Å². The summed E-state index contributed by atoms with van der Waals surface area (Å²) in [6, 6.07) is 9.59. The van der Waals surface area contributed by atoms with Crippen molar-refractivity contribution in [3.05, 3.63) is 54.4 Å². The van der Waals surface area contributed by atoms with E-state index in [4.69, 9.17) is 4.18 Å². The highest BCUT2D eigenvalue weighted by Crippen LogP contribution is 2.22. The summed E-state index contributed by atoms with van der Waals surface area (Å²) in [6.07, 6.45) is 2.95. The van der Waals surface area contributed by atoms with Crippen molar-refractivity contribution in [1.29, 1.82) is 0 Å². The average Bonchev–Trinajstić information content (AvgIpc) is 2.88. The fourth-order valence-corrected chi connectivity index (χ4v) is 2.70. The quantitative estimate of drug-likeness (QED) is 0.687. The van der Waals surface area contributed by atoms with Gasteiger partial charge < -0.3 is 4.18 Å². The van der Waals surface area contributed by atoms with Crippen LogP contribution in [0.1, 0.15) is 5.56 Å². The predicted molar refractivity (Wildman–Crippen MR) is 72.0 cm³/mol. The molecule has 3 aromatic rings. The fraction of sp³-hybridized carbons (Fsp3) is 0.0769. The number of aryl methyl sites for hydroxylation is 1. The average molecular weight is 289 g/mol. The molecule has 0 unspecified atom stereocenters. The standard InChI is InChI=1S/C13H11N3O3S/c1-10-2-4-11(5-3-10)20(17,18)19-13-7-9-15-16-12(13)6-8-14-16/h2-9H,1H3. The molecule has 1 aromatic carbocycles. The zero-order chi connectivity index (χ0) is 14.2. The minimum Gasteiger partial charge on any atom is -0.377 e. The van der Waals surface area contributed by atoms with Crippen LogP contribution in [0.4, 0.5) is 0 Å². The molecule has 20 heavy (non-hydrogen) atoms. The maximum atomic E-state index is 12.2. The zero-order valence-electron chi connectivity index (χ0n) is 10.6. The van der Waals surface area contributed by atoms with E-state index in [9.17, 15) is 8.42 Å². The molecule has 0 aliphatic rings. The van der Waals surface area contributed by atoms with E-state index in [1.807, 2.05) is 6.92 Å². The number of rotatable bonds is 3. The molecule has 2 heterocycles. The third kappa shape index (κ3) is 2.23. The normalized spacial score (nSPS) is 11.7. The molecule has 0 radical (unpaired) electrons. The van der Waals surface area contributed by atoms with Crippen LogP contribution >= 0.6 is 0 Å². The number of benzene rings is 1. The lowest BCUT2D eigenvalue weighted by Crippen LogP contribution is -2.10. The van der Waals surface area contributed by atoms with Crippen molar-refractivity contribution in [3.63, 3.8) is 0 Å². The molecule has 0 atom stereocenters. The Hall–Kier alpha value is -2.41. The van der Waals surface area contributed by atoms with Crippen molar-refractivity contribution < 1.29 is 12.6 Å². The number of hydrogen-bond donors (Lipinski definition) is 0. The first-order valence-corrected chi connectivity index (χ1v) is 7.27. The summed E-state index contributed by atoms with van der Waals surface area (Å²) in [5.41, 5.74) is 1.47. The van der Waals surface area contributed by atoms with Gasteiger partial charge in [-0.1, -0.05) is 17.7 Å². The molecular weight excluding hydrogens is 278 g/mol. The van der Waals surface area contributed by atoms with Crippen molar-refractivity contribution in [1.82, 2.24) is 14.8 Å². The lowest BCUT2D eigenvalue weighted by molar-refractivity contribution is 0.486. The second-order valence-corrected chi connectivity index (χ2v) is 5.80. The number of fused-ring (bicyclic) bond motifs is 1. The van der Waals surface area contributed by atoms with Crippen LogP contribution in [0.15, 0.2) is 53.7 Å². The Morgan fingerprint density at radius 3 is 2.35 bits per heavy atom. The Balaban J connectivity index is 2.01. The monoisotopic (exact) mass is 289 g/mol. The number of nitrogens with zero attached hydrogens (tertiary/aromatic N) is 3. The first-order chi connectivity index (χ1) is 9.56. The summed E-state index contributed by atoms with van der Waals surface area (Å²) < 4.78 is 30.9. The van der Waals surface area contributed by atoms with E-state index in [-0.39, 0.29) is 10.6 Å². The predicted octanol–water partition coefficient (Wildman–Crippen LogP) is 1.81. The largest absolute Gasteiger partial charge is 0.377 e. The minimum absolute atomic E-state index is 0.109. The summed E-state index contributed by atoms with van der Waals surface area (Å²) in [5.74, 6) is 0.193. The van der Waals surface area contributed by atoms with E-state index < -0.39 is 10.1 Å². The second-order valence-electron chi connectivity index (χ2n) is 4.25. The van der Waals surface area contributed by atoms with Crippen molar-refractivity contribution in [3.8, 4) is 5.75 Å². The lowest BCUT2D eigenvalue weighted by atomic mass is 10.2. The molecule has 0 saturated heterocycles. The van der Waals surface area contributed by atoms with Crippen molar-refractivity contribution in [2.75, 3.05) is 0 Å². The van der Waals surface area contributed by atoms with Crippen LogP contribution in [-0.4, -0.2) is 23.2 Å². The topological polar surface area (TPSA) is 73.6 Å². The van der Waals surface area contributed by atoms with Crippen LogP contribution in [0.2, 0.25) is 0 Å². The van der Waals surface area contributed by atoms with E-state index in [0.29, 0.717) is 5.52 Å². The van der Waals surface area contributed by atoms with E-state index in [0.717, 1.165) is 5.56 Å². The number of aromatic nitrogens is 3. The van der Waals surface area contributed by atoms with Crippen LogP contribution in [0.3, 0.4) is 0 Å². The van der Waals surface area contributed by atoms with Crippen LogP contribution in [0, 0.1) is 6.92 Å². The first-order valence-electron chi connectivity index (χ1n) is 5.86. The molecule has 0 N–H and O–H groups in total. The smallest absolute Gasteiger partial charge is 0.339 e. The van der Waals surface area contributed by atoms with E-state index in [1.165, 1.54) is 35.2 Å². The Morgan fingerprint density at radius 2 is 1.65 bits per heavy atom. The van der Waals surface area contributed by atoms with Crippen LogP contribution in [-0.2, 0) is 10.1 Å². The van der Waals surface area contributed by atoms with Gasteiger partial charge in [0.2, 0.25) is 0 Å². The maximum Gasteiger partial charge on any atom is 0.339 e. The summed E-state index contributed by atoms with van der Waals surface area (Å²) in [4.78, 5) is 0.109. The van der Waals surface area contributed by atoms with Crippen molar-refractivity contribution in [2.45, 2.75) is 11.8 Å². The van der Waals surface area contributed by atoms with Gasteiger partial charge in [-0.2, -0.15) is 18.6 Å². The molecule has 6 nitrogen and oxygen atoms in total. The Labute approximate surface area is 115 Å². The van der Waals surface area contributed by atoms with Gasteiger partial charge in [0, 0.05) is 6.07 Å². The van der Waals surface area contributed by atoms with E-state index >= 15 is 0 Å². The molecule has 7 heteroatoms. The minimum atomic E-state index is -3.87. The molecule has 0 aliphatic heterocycles. The zero-order valence-corrected chi connectivity index (χ0v) is 11.4. The van der Waals surface area contributed by atoms with Crippen LogP contribution < -0.4 is 4.18 Å². The molecule has 0 fully saturated rings. The summed E-state index contributed by atoms with van der Waals surface area (Å²) in [7, 11) is -3.87. The number of hydrogen-bond acceptors (Lipinski definition) is 5. The Kier molecular flexibility index (Phi) is 2.90. The van der Waals surface area contributed by atoms with Gasteiger partial charge >= 0.3 is 10.1 Å². The van der Waals surface area contributed by atoms with Gasteiger partial charge in [0.05, 0.1) is 12.4 Å². The summed E-state index contributed by atoms with van der Waals surface area (Å²) in [6.45, 7) is 1.88. The van der Waals surface area contributed by atoms with Gasteiger partial charge in [0.1, 0.15) is 10.4 Å². The van der Waals surface area contributed by atoms with Crippen LogP contribution in [0.5, 0.6) is 5.75 Å². The van der Waals surface area contributed by atoms with Gasteiger partial charge in [-0.05, 0) is 25.1 Å². The second kappa shape index (κ2) is 4.61. The van der Waals surface area contributed by atoms with Gasteiger partial charge in [-0.3, -0.25) is 0 Å². The fourth-order valence-electron chi connectivity index (χ4n) is 1.76. The lowest BCUT2D eigenvalue weighted by Gasteiger charge is -2.07. The highest BCUT2D eigenvalue weighted by molar-refractivity contribution is 7.87. The maximum absolute atomic E-state index is 12.2. The van der Waals surface area contributed by atoms with Gasteiger partial charge in [-0.25, -0.2) is 0 Å². The summed E-state index contributed by atoms with van der Waals surface area (Å²) in [5, 5.41) is 7.87. The third-order valence-corrected chi connectivity index (χ3v) is 4.04. The van der Waals surface area contributed by atoms with E-state index in [2.05, 4.69) is 10.2 Å². The Morgan fingerprint density at radius 1 is 1.00 bits per heavy atom. The van der Waals surface area contributed by atoms with Crippen molar-refractivity contribution in [2.24, 2.45) is 0 Å². The molecular formula is C13H11N3O3S. The molecule has 102 valence electrons. The van der Waals surface area contributed by atoms with Gasteiger partial charge in [-0.15, -0.1) is 4.63 Å². The molecule has 0 bridgehead atoms. The molecule has 0 aliphatic carbocycles. The molecule has 3 rings (SSSR count). The molecule has 0 amide bonds. The highest BCUT2D eigenvalue weighted by atomic mass is 32.2. The highest BCUT2D eigenvalue weighted by Gasteiger charge is 2.18. The first kappa shape index (κ1) is 12.6. The summed E-state index contributed by atoms with van der Waals surface area (Å²) >= 11 is 0. The third-order valence-electron chi connectivity index (χ3n) is 2.79. The van der Waals surface area contributed by atoms with Gasteiger partial charge in [0.15, 0.2) is 5.75 Å². The SMILES string of the molecule is Cc1ccc(S(=O)(=O)Oc2ccnn3nccc23)cc1. The van der Waals surface area contributed by atoms with Crippen LogP contribution in [0.25, 0.3) is 5.52 Å². The van der Waals surface area contributed by atoms with Gasteiger partial charge in [0.25, 0.3) is 0 Å².